The van der Waals surface area contributed by atoms with Gasteiger partial charge in [0.2, 0.25) is 0 Å². The van der Waals surface area contributed by atoms with Gasteiger partial charge >= 0.3 is 11.6 Å². The van der Waals surface area contributed by atoms with E-state index in [0.717, 1.165) is 27.8 Å². The SMILES string of the molecule is CC(=O)Oc1c(C)c(-c2ccccn2)oc(=O)c1-c1c(C)cc(C)c(C)c1C. The van der Waals surface area contributed by atoms with Gasteiger partial charge in [0.25, 0.3) is 0 Å². The number of esters is 1. The standard InChI is InChI=1S/C23H23NO4/c1-12-11-13(2)19(15(4)14(12)3)20-22(27-17(6)25)16(5)21(28-23(20)26)18-9-7-8-10-24-18/h7-11H,1-6H3. The fraction of sp³-hybridized carbons (Fsp3) is 0.261. The number of benzene rings is 1. The zero-order valence-electron chi connectivity index (χ0n) is 17.0. The molecule has 0 aliphatic carbocycles. The lowest BCUT2D eigenvalue weighted by molar-refractivity contribution is -0.131. The molecular formula is C23H23NO4. The summed E-state index contributed by atoms with van der Waals surface area (Å²) in [5.41, 5.74) is 5.62. The molecule has 0 aliphatic heterocycles. The number of nitrogens with zero attached hydrogens (tertiary/aromatic N) is 1. The van der Waals surface area contributed by atoms with Crippen LogP contribution >= 0.6 is 0 Å². The molecule has 5 nitrogen and oxygen atoms in total. The molecule has 3 aromatic rings. The normalized spacial score (nSPS) is 10.8. The van der Waals surface area contributed by atoms with Gasteiger partial charge in [0.15, 0.2) is 11.5 Å². The van der Waals surface area contributed by atoms with Crippen molar-refractivity contribution < 1.29 is 13.9 Å². The van der Waals surface area contributed by atoms with Crippen molar-refractivity contribution in [2.45, 2.75) is 41.5 Å². The molecule has 144 valence electrons. The number of aromatic nitrogens is 1. The molecule has 2 aromatic heterocycles. The van der Waals surface area contributed by atoms with Gasteiger partial charge in [-0.25, -0.2) is 4.79 Å². The van der Waals surface area contributed by atoms with E-state index in [9.17, 15) is 9.59 Å². The largest absolute Gasteiger partial charge is 0.425 e. The lowest BCUT2D eigenvalue weighted by atomic mass is 9.89. The average Bonchev–Trinajstić information content (AvgIpc) is 2.65. The van der Waals surface area contributed by atoms with Crippen LogP contribution in [0.5, 0.6) is 5.75 Å². The molecule has 1 aromatic carbocycles. The van der Waals surface area contributed by atoms with Crippen LogP contribution in [0.3, 0.4) is 0 Å². The second-order valence-electron chi connectivity index (χ2n) is 6.99. The van der Waals surface area contributed by atoms with E-state index in [4.69, 9.17) is 9.15 Å². The van der Waals surface area contributed by atoms with Crippen molar-refractivity contribution in [2.24, 2.45) is 0 Å². The van der Waals surface area contributed by atoms with Crippen LogP contribution in [0, 0.1) is 34.6 Å². The number of pyridine rings is 1. The van der Waals surface area contributed by atoms with E-state index >= 15 is 0 Å². The fourth-order valence-electron chi connectivity index (χ4n) is 3.50. The first kappa shape index (κ1) is 19.5. The summed E-state index contributed by atoms with van der Waals surface area (Å²) in [6.45, 7) is 11.0. The van der Waals surface area contributed by atoms with Crippen molar-refractivity contribution in [3.05, 3.63) is 68.7 Å². The molecule has 0 saturated heterocycles. The minimum absolute atomic E-state index is 0.221. The molecule has 0 saturated carbocycles. The zero-order valence-corrected chi connectivity index (χ0v) is 17.0. The maximum Gasteiger partial charge on any atom is 0.348 e. The summed E-state index contributed by atoms with van der Waals surface area (Å²) >= 11 is 0. The van der Waals surface area contributed by atoms with Gasteiger partial charge in [0.05, 0.1) is 0 Å². The summed E-state index contributed by atoms with van der Waals surface area (Å²) in [5.74, 6) is 0.0182. The lowest BCUT2D eigenvalue weighted by Crippen LogP contribution is -2.14. The molecule has 0 aliphatic rings. The van der Waals surface area contributed by atoms with Crippen LogP contribution in [0.25, 0.3) is 22.6 Å². The number of aryl methyl sites for hydroxylation is 2. The summed E-state index contributed by atoms with van der Waals surface area (Å²) in [6, 6.07) is 7.35. The van der Waals surface area contributed by atoms with E-state index in [2.05, 4.69) is 4.98 Å². The Kier molecular flexibility index (Phi) is 5.18. The minimum Gasteiger partial charge on any atom is -0.425 e. The molecule has 28 heavy (non-hydrogen) atoms. The van der Waals surface area contributed by atoms with Crippen LogP contribution in [0.1, 0.15) is 34.7 Å². The molecule has 0 fully saturated rings. The topological polar surface area (TPSA) is 69.4 Å². The number of rotatable bonds is 3. The summed E-state index contributed by atoms with van der Waals surface area (Å²) in [4.78, 5) is 29.2. The molecule has 2 heterocycles. The van der Waals surface area contributed by atoms with Crippen molar-refractivity contribution in [2.75, 3.05) is 0 Å². The summed E-state index contributed by atoms with van der Waals surface area (Å²) in [5, 5.41) is 0. The first-order valence-corrected chi connectivity index (χ1v) is 9.07. The van der Waals surface area contributed by atoms with Crippen molar-refractivity contribution >= 4 is 5.97 Å². The Balaban J connectivity index is 2.41. The van der Waals surface area contributed by atoms with E-state index in [0.29, 0.717) is 17.0 Å². The van der Waals surface area contributed by atoms with Crippen LogP contribution < -0.4 is 10.4 Å². The lowest BCUT2D eigenvalue weighted by Gasteiger charge is -2.18. The van der Waals surface area contributed by atoms with Gasteiger partial charge in [-0.2, -0.15) is 0 Å². The molecular weight excluding hydrogens is 354 g/mol. The molecule has 3 rings (SSSR count). The van der Waals surface area contributed by atoms with Gasteiger partial charge in [-0.05, 0) is 74.6 Å². The van der Waals surface area contributed by atoms with E-state index < -0.39 is 11.6 Å². The minimum atomic E-state index is -0.558. The molecule has 0 amide bonds. The highest BCUT2D eigenvalue weighted by atomic mass is 16.5. The number of ether oxygens (including phenoxy) is 1. The van der Waals surface area contributed by atoms with E-state index in [1.165, 1.54) is 6.92 Å². The van der Waals surface area contributed by atoms with E-state index in [-0.39, 0.29) is 11.3 Å². The third-order valence-corrected chi connectivity index (χ3v) is 5.06. The van der Waals surface area contributed by atoms with Gasteiger partial charge in [0, 0.05) is 18.7 Å². The number of carbonyl (C=O) groups is 1. The third kappa shape index (κ3) is 3.36. The number of hydrogen-bond donors (Lipinski definition) is 0. The zero-order chi connectivity index (χ0) is 20.6. The fourth-order valence-corrected chi connectivity index (χ4v) is 3.50. The Bertz CT molecular complexity index is 1130. The molecule has 0 N–H and O–H groups in total. The van der Waals surface area contributed by atoms with Gasteiger partial charge in [-0.1, -0.05) is 12.1 Å². The van der Waals surface area contributed by atoms with Crippen molar-refractivity contribution in [3.8, 4) is 28.3 Å². The van der Waals surface area contributed by atoms with Crippen LogP contribution in [0.2, 0.25) is 0 Å². The Hall–Kier alpha value is -3.21. The van der Waals surface area contributed by atoms with Gasteiger partial charge in [-0.3, -0.25) is 9.78 Å². The van der Waals surface area contributed by atoms with Gasteiger partial charge in [0.1, 0.15) is 11.3 Å². The summed E-state index contributed by atoms with van der Waals surface area (Å²) < 4.78 is 11.2. The second kappa shape index (κ2) is 7.43. The van der Waals surface area contributed by atoms with E-state index in [1.54, 1.807) is 31.3 Å². The molecule has 0 spiro atoms. The monoisotopic (exact) mass is 377 g/mol. The maximum atomic E-state index is 13.1. The first-order valence-electron chi connectivity index (χ1n) is 9.07. The van der Waals surface area contributed by atoms with Gasteiger partial charge in [-0.15, -0.1) is 0 Å². The van der Waals surface area contributed by atoms with Crippen LogP contribution in [0.4, 0.5) is 0 Å². The average molecular weight is 377 g/mol. The first-order chi connectivity index (χ1) is 13.2. The van der Waals surface area contributed by atoms with Crippen LogP contribution in [-0.2, 0) is 4.79 Å². The quantitative estimate of drug-likeness (QED) is 0.611. The van der Waals surface area contributed by atoms with E-state index in [1.807, 2.05) is 33.8 Å². The predicted molar refractivity (Wildman–Crippen MR) is 109 cm³/mol. The number of hydrogen-bond acceptors (Lipinski definition) is 5. The Morgan fingerprint density at radius 3 is 2.29 bits per heavy atom. The van der Waals surface area contributed by atoms with Gasteiger partial charge < -0.3 is 9.15 Å². The van der Waals surface area contributed by atoms with Crippen LogP contribution in [-0.4, -0.2) is 11.0 Å². The summed E-state index contributed by atoms with van der Waals surface area (Å²) in [7, 11) is 0. The van der Waals surface area contributed by atoms with Crippen molar-refractivity contribution in [3.63, 3.8) is 0 Å². The Morgan fingerprint density at radius 2 is 1.68 bits per heavy atom. The molecule has 0 radical (unpaired) electrons. The molecule has 0 atom stereocenters. The second-order valence-corrected chi connectivity index (χ2v) is 6.99. The molecule has 0 bridgehead atoms. The smallest absolute Gasteiger partial charge is 0.348 e. The highest BCUT2D eigenvalue weighted by molar-refractivity contribution is 5.83. The summed E-state index contributed by atoms with van der Waals surface area (Å²) in [6.07, 6.45) is 1.62. The number of carbonyl (C=O) groups excluding carboxylic acids is 1. The predicted octanol–water partition coefficient (Wildman–Crippen LogP) is 4.84. The molecule has 0 unspecified atom stereocenters. The Labute approximate surface area is 164 Å². The maximum absolute atomic E-state index is 13.1. The van der Waals surface area contributed by atoms with Crippen molar-refractivity contribution in [1.82, 2.24) is 4.98 Å². The highest BCUT2D eigenvalue weighted by Crippen LogP contribution is 2.39. The highest BCUT2D eigenvalue weighted by Gasteiger charge is 2.25. The van der Waals surface area contributed by atoms with Crippen molar-refractivity contribution in [1.29, 1.82) is 0 Å². The third-order valence-electron chi connectivity index (χ3n) is 5.06. The molecule has 5 heteroatoms. The van der Waals surface area contributed by atoms with Crippen LogP contribution in [0.15, 0.2) is 39.7 Å². The Morgan fingerprint density at radius 1 is 0.964 bits per heavy atom.